The lowest BCUT2D eigenvalue weighted by atomic mass is 9.99. The number of carbonyl (C=O) groups excluding carboxylic acids is 1. The number of hydrogen-bond acceptors (Lipinski definition) is 3. The van der Waals surface area contributed by atoms with Crippen LogP contribution in [-0.4, -0.2) is 27.0 Å². The second-order valence-corrected chi connectivity index (χ2v) is 6.38. The van der Waals surface area contributed by atoms with Gasteiger partial charge in [0.05, 0.1) is 5.52 Å². The van der Waals surface area contributed by atoms with Crippen molar-refractivity contribution < 1.29 is 4.79 Å². The van der Waals surface area contributed by atoms with Crippen molar-refractivity contribution in [3.8, 4) is 17.1 Å². The third kappa shape index (κ3) is 2.37. The molecule has 5 heteroatoms. The van der Waals surface area contributed by atoms with Crippen LogP contribution in [0.3, 0.4) is 0 Å². The quantitative estimate of drug-likeness (QED) is 0.609. The molecule has 0 atom stereocenters. The maximum Gasteiger partial charge on any atom is 0.251 e. The van der Waals surface area contributed by atoms with Gasteiger partial charge in [-0.3, -0.25) is 14.3 Å². The Morgan fingerprint density at radius 1 is 1.00 bits per heavy atom. The zero-order chi connectivity index (χ0) is 17.5. The van der Waals surface area contributed by atoms with Gasteiger partial charge in [0.15, 0.2) is 0 Å². The first-order valence-electron chi connectivity index (χ1n) is 8.59. The molecule has 0 aliphatic carbocycles. The molecule has 1 aliphatic rings. The van der Waals surface area contributed by atoms with Crippen LogP contribution in [0.2, 0.25) is 0 Å². The highest BCUT2D eigenvalue weighted by molar-refractivity contribution is 5.97. The first-order valence-corrected chi connectivity index (χ1v) is 8.59. The molecule has 0 unspecified atom stereocenters. The first kappa shape index (κ1) is 14.8. The molecule has 5 rings (SSSR count). The summed E-state index contributed by atoms with van der Waals surface area (Å²) in [5, 5.41) is 3.98. The molecule has 26 heavy (non-hydrogen) atoms. The first-order chi connectivity index (χ1) is 12.8. The van der Waals surface area contributed by atoms with E-state index in [2.05, 4.69) is 21.4 Å². The molecule has 4 aromatic rings. The van der Waals surface area contributed by atoms with Crippen LogP contribution in [0.5, 0.6) is 0 Å². The van der Waals surface area contributed by atoms with Crippen LogP contribution in [0.4, 0.5) is 0 Å². The van der Waals surface area contributed by atoms with Crippen LogP contribution in [0, 0.1) is 0 Å². The van der Waals surface area contributed by atoms with Gasteiger partial charge >= 0.3 is 0 Å². The molecule has 2 aromatic carbocycles. The summed E-state index contributed by atoms with van der Waals surface area (Å²) in [7, 11) is 0. The molecule has 2 aromatic heterocycles. The molecule has 0 spiro atoms. The van der Waals surface area contributed by atoms with Crippen LogP contribution < -0.4 is 5.32 Å². The van der Waals surface area contributed by atoms with E-state index in [9.17, 15) is 4.79 Å². The lowest BCUT2D eigenvalue weighted by molar-refractivity contribution is 0.0946. The van der Waals surface area contributed by atoms with Gasteiger partial charge in [-0.2, -0.15) is 0 Å². The van der Waals surface area contributed by atoms with E-state index in [4.69, 9.17) is 0 Å². The Bertz CT molecular complexity index is 1150. The van der Waals surface area contributed by atoms with Gasteiger partial charge in [-0.25, -0.2) is 4.98 Å². The van der Waals surface area contributed by atoms with Gasteiger partial charge in [0.2, 0.25) is 0 Å². The van der Waals surface area contributed by atoms with Crippen LogP contribution in [-0.2, 0) is 6.42 Å². The molecule has 0 saturated carbocycles. The molecular weight excluding hydrogens is 324 g/mol. The average Bonchev–Trinajstić information content (AvgIpc) is 3.17. The molecule has 3 heterocycles. The van der Waals surface area contributed by atoms with E-state index in [0.29, 0.717) is 6.54 Å². The Hall–Kier alpha value is -3.47. The Morgan fingerprint density at radius 2 is 1.96 bits per heavy atom. The number of pyridine rings is 1. The molecule has 0 bridgehead atoms. The van der Waals surface area contributed by atoms with Gasteiger partial charge in [0, 0.05) is 47.3 Å². The summed E-state index contributed by atoms with van der Waals surface area (Å²) < 4.78 is 2.01. The van der Waals surface area contributed by atoms with Crippen molar-refractivity contribution in [2.45, 2.75) is 6.42 Å². The number of aromatic nitrogens is 3. The number of imidazole rings is 1. The lowest BCUT2D eigenvalue weighted by Crippen LogP contribution is -2.31. The highest BCUT2D eigenvalue weighted by Crippen LogP contribution is 2.26. The summed E-state index contributed by atoms with van der Waals surface area (Å²) >= 11 is 0. The second-order valence-electron chi connectivity index (χ2n) is 6.38. The SMILES string of the molecule is O=C1NCCc2ccc(-n3ccnc3-c3ccc4ncccc4c3)cc21. The Morgan fingerprint density at radius 3 is 2.92 bits per heavy atom. The molecular formula is C21H16N4O. The van der Waals surface area contributed by atoms with Crippen molar-refractivity contribution in [3.63, 3.8) is 0 Å². The van der Waals surface area contributed by atoms with Crippen LogP contribution in [0.25, 0.3) is 28.0 Å². The fraction of sp³-hybridized carbons (Fsp3) is 0.0952. The number of rotatable bonds is 2. The van der Waals surface area contributed by atoms with Crippen molar-refractivity contribution in [1.82, 2.24) is 19.9 Å². The molecule has 0 fully saturated rings. The third-order valence-electron chi connectivity index (χ3n) is 4.80. The van der Waals surface area contributed by atoms with Gasteiger partial charge in [0.25, 0.3) is 5.91 Å². The van der Waals surface area contributed by atoms with Crippen molar-refractivity contribution in [3.05, 3.63) is 78.2 Å². The summed E-state index contributed by atoms with van der Waals surface area (Å²) in [5.41, 5.74) is 4.74. The molecule has 126 valence electrons. The number of nitrogens with one attached hydrogen (secondary N) is 1. The van der Waals surface area contributed by atoms with Crippen molar-refractivity contribution in [2.24, 2.45) is 0 Å². The van der Waals surface area contributed by atoms with E-state index in [0.717, 1.165) is 45.5 Å². The fourth-order valence-corrected chi connectivity index (χ4v) is 3.49. The summed E-state index contributed by atoms with van der Waals surface area (Å²) in [6, 6.07) is 16.1. The van der Waals surface area contributed by atoms with Gasteiger partial charge < -0.3 is 5.32 Å². The van der Waals surface area contributed by atoms with E-state index in [1.807, 2.05) is 53.2 Å². The predicted molar refractivity (Wildman–Crippen MR) is 100 cm³/mol. The largest absolute Gasteiger partial charge is 0.352 e. The third-order valence-corrected chi connectivity index (χ3v) is 4.80. The van der Waals surface area contributed by atoms with Gasteiger partial charge in [-0.05, 0) is 48.4 Å². The minimum atomic E-state index is -0.00783. The number of carbonyl (C=O) groups is 1. The maximum absolute atomic E-state index is 12.2. The number of hydrogen-bond donors (Lipinski definition) is 1. The van der Waals surface area contributed by atoms with E-state index in [1.165, 1.54) is 0 Å². The van der Waals surface area contributed by atoms with E-state index >= 15 is 0 Å². The molecule has 0 radical (unpaired) electrons. The van der Waals surface area contributed by atoms with Gasteiger partial charge in [0.1, 0.15) is 5.82 Å². The van der Waals surface area contributed by atoms with Crippen molar-refractivity contribution >= 4 is 16.8 Å². The highest BCUT2D eigenvalue weighted by atomic mass is 16.1. The Kier molecular flexibility index (Phi) is 3.31. The Labute approximate surface area is 150 Å². The second kappa shape index (κ2) is 5.81. The number of benzene rings is 2. The highest BCUT2D eigenvalue weighted by Gasteiger charge is 2.18. The van der Waals surface area contributed by atoms with Crippen molar-refractivity contribution in [1.29, 1.82) is 0 Å². The molecule has 1 aliphatic heterocycles. The summed E-state index contributed by atoms with van der Waals surface area (Å²) in [6.45, 7) is 0.701. The normalized spacial score (nSPS) is 13.5. The molecule has 5 nitrogen and oxygen atoms in total. The topological polar surface area (TPSA) is 59.8 Å². The fourth-order valence-electron chi connectivity index (χ4n) is 3.49. The zero-order valence-electron chi connectivity index (χ0n) is 14.0. The van der Waals surface area contributed by atoms with E-state index in [-0.39, 0.29) is 5.91 Å². The van der Waals surface area contributed by atoms with E-state index < -0.39 is 0 Å². The van der Waals surface area contributed by atoms with Crippen LogP contribution >= 0.6 is 0 Å². The average molecular weight is 340 g/mol. The summed E-state index contributed by atoms with van der Waals surface area (Å²) in [4.78, 5) is 21.1. The predicted octanol–water partition coefficient (Wildman–Crippen LogP) is 3.37. The zero-order valence-corrected chi connectivity index (χ0v) is 14.0. The van der Waals surface area contributed by atoms with Crippen LogP contribution in [0.1, 0.15) is 15.9 Å². The Balaban J connectivity index is 1.63. The lowest BCUT2D eigenvalue weighted by Gasteiger charge is -2.18. The number of amides is 1. The van der Waals surface area contributed by atoms with E-state index in [1.54, 1.807) is 12.4 Å². The summed E-state index contributed by atoms with van der Waals surface area (Å²) in [5.74, 6) is 0.832. The maximum atomic E-state index is 12.2. The number of fused-ring (bicyclic) bond motifs is 2. The molecule has 1 amide bonds. The minimum absolute atomic E-state index is 0.00783. The van der Waals surface area contributed by atoms with Crippen molar-refractivity contribution in [2.75, 3.05) is 6.54 Å². The smallest absolute Gasteiger partial charge is 0.251 e. The number of nitrogens with zero attached hydrogens (tertiary/aromatic N) is 3. The standard InChI is InChI=1S/C21H16N4O/c26-21-18-13-17(5-3-14(18)7-9-24-21)25-11-10-23-20(25)16-4-6-19-15(12-16)2-1-8-22-19/h1-6,8,10-13H,7,9H2,(H,24,26). The summed E-state index contributed by atoms with van der Waals surface area (Å²) in [6.07, 6.45) is 6.37. The van der Waals surface area contributed by atoms with Gasteiger partial charge in [-0.1, -0.05) is 12.1 Å². The molecule has 0 saturated heterocycles. The monoisotopic (exact) mass is 340 g/mol. The van der Waals surface area contributed by atoms with Gasteiger partial charge in [-0.15, -0.1) is 0 Å². The van der Waals surface area contributed by atoms with Crippen LogP contribution in [0.15, 0.2) is 67.1 Å². The minimum Gasteiger partial charge on any atom is -0.352 e. The molecule has 1 N–H and O–H groups in total.